The molecule has 0 aromatic heterocycles. The first-order valence-corrected chi connectivity index (χ1v) is 6.44. The summed E-state index contributed by atoms with van der Waals surface area (Å²) in [6, 6.07) is 10.3. The van der Waals surface area contributed by atoms with Gasteiger partial charge in [-0.05, 0) is 24.1 Å². The van der Waals surface area contributed by atoms with Crippen LogP contribution in [0.5, 0.6) is 0 Å². The van der Waals surface area contributed by atoms with Crippen molar-refractivity contribution < 1.29 is 4.74 Å². The van der Waals surface area contributed by atoms with E-state index in [-0.39, 0.29) is 18.5 Å². The highest BCUT2D eigenvalue weighted by Gasteiger charge is 2.33. The molecule has 2 fully saturated rings. The van der Waals surface area contributed by atoms with Crippen molar-refractivity contribution in [2.75, 3.05) is 19.6 Å². The normalized spacial score (nSPS) is 29.1. The van der Waals surface area contributed by atoms with Gasteiger partial charge in [-0.2, -0.15) is 5.26 Å². The second kappa shape index (κ2) is 6.36. The van der Waals surface area contributed by atoms with Gasteiger partial charge in [0, 0.05) is 25.7 Å². The molecule has 1 aromatic rings. The van der Waals surface area contributed by atoms with E-state index in [0.717, 1.165) is 26.1 Å². The van der Waals surface area contributed by atoms with Crippen molar-refractivity contribution in [1.82, 2.24) is 10.6 Å². The molecule has 4 nitrogen and oxygen atoms in total. The third-order valence-electron chi connectivity index (χ3n) is 3.68. The molecule has 2 saturated heterocycles. The fourth-order valence-corrected chi connectivity index (χ4v) is 2.67. The molecule has 2 aliphatic heterocycles. The monoisotopic (exact) mass is 279 g/mol. The van der Waals surface area contributed by atoms with E-state index in [0.29, 0.717) is 17.7 Å². The van der Waals surface area contributed by atoms with Gasteiger partial charge in [0.1, 0.15) is 0 Å². The molecule has 1 aromatic carbocycles. The van der Waals surface area contributed by atoms with Crippen LogP contribution in [0.15, 0.2) is 24.3 Å². The van der Waals surface area contributed by atoms with Crippen LogP contribution in [0, 0.1) is 11.3 Å². The fourth-order valence-electron chi connectivity index (χ4n) is 2.67. The molecule has 2 heterocycles. The van der Waals surface area contributed by atoms with Crippen molar-refractivity contribution in [3.05, 3.63) is 35.4 Å². The van der Waals surface area contributed by atoms with Gasteiger partial charge in [0.25, 0.3) is 0 Å². The van der Waals surface area contributed by atoms with E-state index in [1.54, 1.807) is 0 Å². The highest BCUT2D eigenvalue weighted by molar-refractivity contribution is 5.85. The Morgan fingerprint density at radius 2 is 2.00 bits per heavy atom. The van der Waals surface area contributed by atoms with Crippen molar-refractivity contribution in [3.8, 4) is 6.07 Å². The van der Waals surface area contributed by atoms with Crippen LogP contribution in [0.3, 0.4) is 0 Å². The molecule has 19 heavy (non-hydrogen) atoms. The van der Waals surface area contributed by atoms with Crippen molar-refractivity contribution >= 4 is 12.4 Å². The molecule has 3 atom stereocenters. The minimum absolute atomic E-state index is 0. The molecule has 2 bridgehead atoms. The number of rotatable bonds is 2. The molecular weight excluding hydrogens is 262 g/mol. The van der Waals surface area contributed by atoms with Crippen molar-refractivity contribution in [3.63, 3.8) is 0 Å². The molecule has 102 valence electrons. The summed E-state index contributed by atoms with van der Waals surface area (Å²) >= 11 is 0. The summed E-state index contributed by atoms with van der Waals surface area (Å²) in [6.45, 7) is 2.79. The molecule has 0 radical (unpaired) electrons. The van der Waals surface area contributed by atoms with E-state index in [9.17, 15) is 0 Å². The summed E-state index contributed by atoms with van der Waals surface area (Å²) in [6.07, 6.45) is 1.53. The average Bonchev–Trinajstić information content (AvgIpc) is 2.43. The molecule has 0 amide bonds. The first-order valence-electron chi connectivity index (χ1n) is 6.44. The second-order valence-electron chi connectivity index (χ2n) is 4.98. The van der Waals surface area contributed by atoms with E-state index in [2.05, 4.69) is 16.7 Å². The van der Waals surface area contributed by atoms with Gasteiger partial charge in [-0.25, -0.2) is 0 Å². The van der Waals surface area contributed by atoms with Gasteiger partial charge in [-0.15, -0.1) is 12.4 Å². The Balaban J connectivity index is 0.00000133. The third-order valence-corrected chi connectivity index (χ3v) is 3.68. The maximum atomic E-state index is 8.78. The smallest absolute Gasteiger partial charge is 0.0991 e. The van der Waals surface area contributed by atoms with Crippen LogP contribution in [0.2, 0.25) is 0 Å². The number of hydrogen-bond donors (Lipinski definition) is 2. The largest absolute Gasteiger partial charge is 0.369 e. The molecule has 0 spiro atoms. The summed E-state index contributed by atoms with van der Waals surface area (Å²) in [7, 11) is 0. The molecule has 0 saturated carbocycles. The SMILES string of the molecule is Cl.N#Cc1ccc(CC2NCC3CNCC2O3)cc1. The standard InChI is InChI=1S/C14H17N3O.ClH/c15-6-11-3-1-10(2-4-11)5-13-14-9-16-7-12(18-14)8-17-13;/h1-4,12-14,16-17H,5,7-9H2;1H. The number of halogens is 1. The lowest BCUT2D eigenvalue weighted by Crippen LogP contribution is -2.62. The summed E-state index contributed by atoms with van der Waals surface area (Å²) in [4.78, 5) is 0. The van der Waals surface area contributed by atoms with Gasteiger partial charge < -0.3 is 15.4 Å². The molecular formula is C14H18ClN3O. The summed E-state index contributed by atoms with van der Waals surface area (Å²) < 4.78 is 5.97. The lowest BCUT2D eigenvalue weighted by atomic mass is 9.97. The quantitative estimate of drug-likeness (QED) is 0.843. The van der Waals surface area contributed by atoms with Crippen LogP contribution in [0.25, 0.3) is 0 Å². The highest BCUT2D eigenvalue weighted by Crippen LogP contribution is 2.17. The number of nitrogens with one attached hydrogen (secondary N) is 2. The van der Waals surface area contributed by atoms with Crippen molar-refractivity contribution in [2.45, 2.75) is 24.7 Å². The molecule has 3 unspecified atom stereocenters. The van der Waals surface area contributed by atoms with Crippen LogP contribution >= 0.6 is 12.4 Å². The van der Waals surface area contributed by atoms with Crippen LogP contribution in [-0.4, -0.2) is 37.9 Å². The second-order valence-corrected chi connectivity index (χ2v) is 4.98. The Morgan fingerprint density at radius 3 is 2.74 bits per heavy atom. The molecule has 2 aliphatic rings. The minimum atomic E-state index is 0. The van der Waals surface area contributed by atoms with Gasteiger partial charge >= 0.3 is 0 Å². The number of morpholine rings is 2. The van der Waals surface area contributed by atoms with Crippen LogP contribution < -0.4 is 10.6 Å². The number of fused-ring (bicyclic) bond motifs is 2. The van der Waals surface area contributed by atoms with Crippen molar-refractivity contribution in [1.29, 1.82) is 5.26 Å². The maximum absolute atomic E-state index is 8.78. The Labute approximate surface area is 119 Å². The summed E-state index contributed by atoms with van der Waals surface area (Å²) in [5.41, 5.74) is 1.96. The first-order chi connectivity index (χ1) is 8.85. The van der Waals surface area contributed by atoms with Gasteiger partial charge in [0.05, 0.1) is 23.8 Å². The van der Waals surface area contributed by atoms with Gasteiger partial charge in [-0.1, -0.05) is 12.1 Å². The van der Waals surface area contributed by atoms with Crippen LogP contribution in [-0.2, 0) is 11.2 Å². The van der Waals surface area contributed by atoms with Gasteiger partial charge in [0.15, 0.2) is 0 Å². The highest BCUT2D eigenvalue weighted by atomic mass is 35.5. The third kappa shape index (κ3) is 3.26. The number of nitrogens with zero attached hydrogens (tertiary/aromatic N) is 1. The van der Waals surface area contributed by atoms with E-state index in [1.165, 1.54) is 5.56 Å². The summed E-state index contributed by atoms with van der Waals surface area (Å²) in [5.74, 6) is 0. The van der Waals surface area contributed by atoms with Gasteiger partial charge in [0.2, 0.25) is 0 Å². The zero-order valence-corrected chi connectivity index (χ0v) is 11.5. The Kier molecular flexibility index (Phi) is 4.78. The number of ether oxygens (including phenoxy) is 1. The Morgan fingerprint density at radius 1 is 1.21 bits per heavy atom. The lowest BCUT2D eigenvalue weighted by Gasteiger charge is -2.41. The van der Waals surface area contributed by atoms with Crippen LogP contribution in [0.4, 0.5) is 0 Å². The van der Waals surface area contributed by atoms with E-state index >= 15 is 0 Å². The molecule has 2 N–H and O–H groups in total. The zero-order valence-electron chi connectivity index (χ0n) is 10.6. The van der Waals surface area contributed by atoms with Crippen LogP contribution in [0.1, 0.15) is 11.1 Å². The topological polar surface area (TPSA) is 57.1 Å². The zero-order chi connectivity index (χ0) is 12.4. The maximum Gasteiger partial charge on any atom is 0.0991 e. The average molecular weight is 280 g/mol. The number of nitriles is 1. The molecule has 3 rings (SSSR count). The first kappa shape index (κ1) is 14.3. The predicted molar refractivity (Wildman–Crippen MR) is 75.4 cm³/mol. The van der Waals surface area contributed by atoms with E-state index in [4.69, 9.17) is 10.00 Å². The lowest BCUT2D eigenvalue weighted by molar-refractivity contribution is -0.0825. The Bertz CT molecular complexity index is 457. The fraction of sp³-hybridized carbons (Fsp3) is 0.500. The van der Waals surface area contributed by atoms with Gasteiger partial charge in [-0.3, -0.25) is 0 Å². The Hall–Kier alpha value is -1.12. The van der Waals surface area contributed by atoms with Crippen molar-refractivity contribution in [2.24, 2.45) is 0 Å². The minimum Gasteiger partial charge on any atom is -0.369 e. The molecule has 5 heteroatoms. The summed E-state index contributed by atoms with van der Waals surface area (Å²) in [5, 5.41) is 15.8. The number of benzene rings is 1. The predicted octanol–water partition coefficient (Wildman–Crippen LogP) is 0.851. The van der Waals surface area contributed by atoms with E-state index in [1.807, 2.05) is 24.3 Å². The molecule has 0 aliphatic carbocycles. The van der Waals surface area contributed by atoms with E-state index < -0.39 is 0 Å². The number of hydrogen-bond acceptors (Lipinski definition) is 4.